The van der Waals surface area contributed by atoms with Crippen LogP contribution in [-0.2, 0) is 17.1 Å². The highest BCUT2D eigenvalue weighted by molar-refractivity contribution is 7.89. The van der Waals surface area contributed by atoms with Crippen LogP contribution in [0.4, 0.5) is 0 Å². The predicted octanol–water partition coefficient (Wildman–Crippen LogP) is 2.85. The Morgan fingerprint density at radius 2 is 2.00 bits per heavy atom. The lowest BCUT2D eigenvalue weighted by atomic mass is 10.1. The Morgan fingerprint density at radius 3 is 2.69 bits per heavy atom. The van der Waals surface area contributed by atoms with Crippen molar-refractivity contribution in [1.29, 1.82) is 0 Å². The van der Waals surface area contributed by atoms with Crippen LogP contribution in [0.3, 0.4) is 0 Å². The molecule has 26 heavy (non-hydrogen) atoms. The predicted molar refractivity (Wildman–Crippen MR) is 101 cm³/mol. The summed E-state index contributed by atoms with van der Waals surface area (Å²) >= 11 is 5.99. The van der Waals surface area contributed by atoms with Crippen molar-refractivity contribution in [2.75, 3.05) is 13.7 Å². The summed E-state index contributed by atoms with van der Waals surface area (Å²) in [4.78, 5) is 0.00780. The van der Waals surface area contributed by atoms with Gasteiger partial charge in [0, 0.05) is 36.3 Å². The molecular formula is C18H19ClN2O4S. The molecule has 8 heteroatoms. The summed E-state index contributed by atoms with van der Waals surface area (Å²) in [5.41, 5.74) is 1.63. The molecule has 0 aliphatic carbocycles. The number of sulfonamides is 1. The zero-order chi connectivity index (χ0) is 18.9. The van der Waals surface area contributed by atoms with Crippen molar-refractivity contribution >= 4 is 32.5 Å². The van der Waals surface area contributed by atoms with Crippen molar-refractivity contribution in [2.24, 2.45) is 7.05 Å². The van der Waals surface area contributed by atoms with Crippen molar-refractivity contribution in [3.63, 3.8) is 0 Å². The van der Waals surface area contributed by atoms with Gasteiger partial charge in [-0.2, -0.15) is 0 Å². The number of hydrogen-bond donors (Lipinski definition) is 2. The van der Waals surface area contributed by atoms with Crippen LogP contribution in [0.25, 0.3) is 10.9 Å². The van der Waals surface area contributed by atoms with E-state index in [1.165, 1.54) is 25.3 Å². The van der Waals surface area contributed by atoms with Crippen molar-refractivity contribution < 1.29 is 18.3 Å². The maximum atomic E-state index is 12.5. The van der Waals surface area contributed by atoms with E-state index in [1.807, 2.05) is 35.9 Å². The largest absolute Gasteiger partial charge is 0.495 e. The second-order valence-corrected chi connectivity index (χ2v) is 8.05. The number of halogens is 1. The Bertz CT molecular complexity index is 1050. The minimum atomic E-state index is -3.81. The molecule has 0 amide bonds. The number of ether oxygens (including phenoxy) is 1. The van der Waals surface area contributed by atoms with Gasteiger partial charge in [0.15, 0.2) is 0 Å². The molecule has 1 aromatic heterocycles. The van der Waals surface area contributed by atoms with E-state index in [0.29, 0.717) is 11.3 Å². The molecule has 2 aromatic carbocycles. The SMILES string of the molecule is COc1ccc(S(=O)(=O)NC[C@@H](O)c2cn(C)c3ccccc23)cc1Cl. The number of hydrogen-bond acceptors (Lipinski definition) is 4. The molecule has 0 spiro atoms. The number of aliphatic hydroxyl groups excluding tert-OH is 1. The first kappa shape index (κ1) is 18.7. The lowest BCUT2D eigenvalue weighted by molar-refractivity contribution is 0.183. The summed E-state index contributed by atoms with van der Waals surface area (Å²) < 4.78 is 34.3. The van der Waals surface area contributed by atoms with Crippen LogP contribution in [0.15, 0.2) is 53.6 Å². The van der Waals surface area contributed by atoms with Gasteiger partial charge in [-0.05, 0) is 24.3 Å². The molecule has 3 rings (SSSR count). The van der Waals surface area contributed by atoms with Gasteiger partial charge in [0.05, 0.1) is 23.1 Å². The molecule has 0 bridgehead atoms. The summed E-state index contributed by atoms with van der Waals surface area (Å²) in [6.07, 6.45) is 0.818. The Kier molecular flexibility index (Phi) is 5.24. The number of methoxy groups -OCH3 is 1. The fourth-order valence-corrected chi connectivity index (χ4v) is 4.22. The molecular weight excluding hydrogens is 376 g/mol. The molecule has 0 saturated carbocycles. The quantitative estimate of drug-likeness (QED) is 0.673. The Hall–Kier alpha value is -2.06. The smallest absolute Gasteiger partial charge is 0.240 e. The van der Waals surface area contributed by atoms with Gasteiger partial charge < -0.3 is 14.4 Å². The third kappa shape index (κ3) is 3.57. The lowest BCUT2D eigenvalue weighted by Crippen LogP contribution is -2.28. The van der Waals surface area contributed by atoms with Crippen LogP contribution in [0.2, 0.25) is 5.02 Å². The zero-order valence-corrected chi connectivity index (χ0v) is 15.9. The minimum absolute atomic E-state index is 0.00780. The standard InChI is InChI=1S/C18H19ClN2O4S/c1-21-11-14(13-5-3-4-6-16(13)21)17(22)10-20-26(23,24)12-7-8-18(25-2)15(19)9-12/h3-9,11,17,20,22H,10H2,1-2H3/t17-/m1/s1. The number of nitrogens with zero attached hydrogens (tertiary/aromatic N) is 1. The zero-order valence-electron chi connectivity index (χ0n) is 14.3. The second-order valence-electron chi connectivity index (χ2n) is 5.88. The highest BCUT2D eigenvalue weighted by Crippen LogP contribution is 2.28. The first-order valence-corrected chi connectivity index (χ1v) is 9.75. The van der Waals surface area contributed by atoms with E-state index in [2.05, 4.69) is 4.72 Å². The van der Waals surface area contributed by atoms with E-state index in [0.717, 1.165) is 10.9 Å². The number of para-hydroxylation sites is 1. The molecule has 0 radical (unpaired) electrons. The number of aromatic nitrogens is 1. The van der Waals surface area contributed by atoms with Crippen LogP contribution in [0.1, 0.15) is 11.7 Å². The number of aliphatic hydroxyl groups is 1. The molecule has 1 atom stereocenters. The molecule has 0 saturated heterocycles. The number of fused-ring (bicyclic) bond motifs is 1. The summed E-state index contributed by atoms with van der Waals surface area (Å²) in [6.45, 7) is -0.153. The van der Waals surface area contributed by atoms with Gasteiger partial charge in [-0.15, -0.1) is 0 Å². The average Bonchev–Trinajstić information content (AvgIpc) is 2.97. The van der Waals surface area contributed by atoms with Gasteiger partial charge in [-0.25, -0.2) is 13.1 Å². The number of rotatable bonds is 6. The van der Waals surface area contributed by atoms with Crippen LogP contribution < -0.4 is 9.46 Å². The highest BCUT2D eigenvalue weighted by Gasteiger charge is 2.20. The molecule has 138 valence electrons. The topological polar surface area (TPSA) is 80.6 Å². The van der Waals surface area contributed by atoms with E-state index in [-0.39, 0.29) is 16.5 Å². The molecule has 3 aromatic rings. The van der Waals surface area contributed by atoms with Gasteiger partial charge in [-0.1, -0.05) is 29.8 Å². The molecule has 0 fully saturated rings. The fraction of sp³-hybridized carbons (Fsp3) is 0.222. The van der Waals surface area contributed by atoms with Crippen LogP contribution in [-0.4, -0.2) is 31.7 Å². The molecule has 0 aliphatic heterocycles. The number of benzene rings is 2. The lowest BCUT2D eigenvalue weighted by Gasteiger charge is -2.13. The van der Waals surface area contributed by atoms with E-state index in [4.69, 9.17) is 16.3 Å². The first-order chi connectivity index (χ1) is 12.3. The Labute approximate surface area is 157 Å². The number of nitrogens with one attached hydrogen (secondary N) is 1. The van der Waals surface area contributed by atoms with Crippen molar-refractivity contribution in [3.8, 4) is 5.75 Å². The third-order valence-electron chi connectivity index (χ3n) is 4.19. The van der Waals surface area contributed by atoms with Crippen molar-refractivity contribution in [2.45, 2.75) is 11.0 Å². The van der Waals surface area contributed by atoms with E-state index in [1.54, 1.807) is 6.20 Å². The molecule has 6 nitrogen and oxygen atoms in total. The average molecular weight is 395 g/mol. The van der Waals surface area contributed by atoms with Gasteiger partial charge >= 0.3 is 0 Å². The maximum Gasteiger partial charge on any atom is 0.240 e. The number of aryl methyl sites for hydroxylation is 1. The second kappa shape index (κ2) is 7.28. The molecule has 2 N–H and O–H groups in total. The summed E-state index contributed by atoms with van der Waals surface area (Å²) in [7, 11) is -0.484. The molecule has 1 heterocycles. The van der Waals surface area contributed by atoms with Crippen LogP contribution in [0, 0.1) is 0 Å². The Morgan fingerprint density at radius 1 is 1.27 bits per heavy atom. The van der Waals surface area contributed by atoms with Crippen LogP contribution >= 0.6 is 11.6 Å². The molecule has 0 aliphatic rings. The normalized spacial score (nSPS) is 13.1. The van der Waals surface area contributed by atoms with Gasteiger partial charge in [0.1, 0.15) is 5.75 Å². The van der Waals surface area contributed by atoms with Gasteiger partial charge in [0.2, 0.25) is 10.0 Å². The van der Waals surface area contributed by atoms with Gasteiger partial charge in [0.25, 0.3) is 0 Å². The van der Waals surface area contributed by atoms with Crippen LogP contribution in [0.5, 0.6) is 5.75 Å². The monoisotopic (exact) mass is 394 g/mol. The maximum absolute atomic E-state index is 12.5. The summed E-state index contributed by atoms with van der Waals surface area (Å²) in [5, 5.41) is 11.6. The third-order valence-corrected chi connectivity index (χ3v) is 5.90. The highest BCUT2D eigenvalue weighted by atomic mass is 35.5. The fourth-order valence-electron chi connectivity index (χ4n) is 2.83. The van der Waals surface area contributed by atoms with Crippen molar-refractivity contribution in [3.05, 3.63) is 59.2 Å². The van der Waals surface area contributed by atoms with E-state index >= 15 is 0 Å². The first-order valence-electron chi connectivity index (χ1n) is 7.88. The van der Waals surface area contributed by atoms with Crippen molar-refractivity contribution in [1.82, 2.24) is 9.29 Å². The van der Waals surface area contributed by atoms with E-state index in [9.17, 15) is 13.5 Å². The molecule has 0 unspecified atom stereocenters. The summed E-state index contributed by atoms with van der Waals surface area (Å²) in [6, 6.07) is 11.8. The Balaban J connectivity index is 1.80. The summed E-state index contributed by atoms with van der Waals surface area (Å²) in [5.74, 6) is 0.390. The van der Waals surface area contributed by atoms with Gasteiger partial charge in [-0.3, -0.25) is 0 Å². The van der Waals surface area contributed by atoms with E-state index < -0.39 is 16.1 Å². The minimum Gasteiger partial charge on any atom is -0.495 e.